The number of hydrogen-bond donors (Lipinski definition) is 1. The molecule has 5 nitrogen and oxygen atoms in total. The first-order valence-electron chi connectivity index (χ1n) is 6.75. The van der Waals surface area contributed by atoms with Gasteiger partial charge in [0.2, 0.25) is 5.91 Å². The van der Waals surface area contributed by atoms with Crippen molar-refractivity contribution in [1.29, 1.82) is 0 Å². The maximum Gasteiger partial charge on any atom is 0.265 e. The van der Waals surface area contributed by atoms with Crippen LogP contribution in [0.5, 0.6) is 0 Å². The van der Waals surface area contributed by atoms with Gasteiger partial charge in [0.05, 0.1) is 12.1 Å². The van der Waals surface area contributed by atoms with E-state index in [0.717, 1.165) is 10.6 Å². The zero-order valence-corrected chi connectivity index (χ0v) is 12.2. The van der Waals surface area contributed by atoms with E-state index in [1.54, 1.807) is 11.1 Å². The highest BCUT2D eigenvalue weighted by Gasteiger charge is 2.30. The summed E-state index contributed by atoms with van der Waals surface area (Å²) in [7, 11) is 0. The number of primary amides is 1. The molecule has 1 aromatic carbocycles. The highest BCUT2D eigenvalue weighted by atomic mass is 32.1. The number of carbonyl (C=O) groups is 2. The second kappa shape index (κ2) is 5.65. The quantitative estimate of drug-likeness (QED) is 0.938. The first-order chi connectivity index (χ1) is 10.1. The molecule has 1 aliphatic heterocycles. The summed E-state index contributed by atoms with van der Waals surface area (Å²) in [5.41, 5.74) is 6.29. The lowest BCUT2D eigenvalue weighted by atomic mass is 10.1. The fraction of sp³-hybridized carbons (Fsp3) is 0.267. The van der Waals surface area contributed by atoms with E-state index in [-0.39, 0.29) is 17.7 Å². The fourth-order valence-corrected chi connectivity index (χ4v) is 3.31. The Morgan fingerprint density at radius 2 is 2.05 bits per heavy atom. The number of benzene rings is 1. The lowest BCUT2D eigenvalue weighted by Gasteiger charge is -2.14. The molecule has 2 heterocycles. The van der Waals surface area contributed by atoms with E-state index < -0.39 is 0 Å². The van der Waals surface area contributed by atoms with Crippen LogP contribution in [0.25, 0.3) is 10.6 Å². The van der Waals surface area contributed by atoms with Gasteiger partial charge < -0.3 is 10.6 Å². The Bertz CT molecular complexity index is 669. The number of likely N-dealkylation sites (tertiary alicyclic amines) is 1. The molecule has 2 amide bonds. The summed E-state index contributed by atoms with van der Waals surface area (Å²) in [4.78, 5) is 30.2. The lowest BCUT2D eigenvalue weighted by Crippen LogP contribution is -2.31. The number of carbonyl (C=O) groups excluding carboxylic acids is 2. The van der Waals surface area contributed by atoms with Crippen LogP contribution >= 0.6 is 11.3 Å². The summed E-state index contributed by atoms with van der Waals surface area (Å²) >= 11 is 1.37. The van der Waals surface area contributed by atoms with Crippen LogP contribution in [0.1, 0.15) is 16.1 Å². The highest BCUT2D eigenvalue weighted by Crippen LogP contribution is 2.27. The van der Waals surface area contributed by atoms with Gasteiger partial charge in [-0.3, -0.25) is 9.59 Å². The largest absolute Gasteiger partial charge is 0.369 e. The Kier molecular flexibility index (Phi) is 3.70. The average molecular weight is 301 g/mol. The molecule has 2 aromatic rings. The summed E-state index contributed by atoms with van der Waals surface area (Å²) in [6.07, 6.45) is 2.25. The van der Waals surface area contributed by atoms with Crippen molar-refractivity contribution in [2.75, 3.05) is 13.1 Å². The van der Waals surface area contributed by atoms with Gasteiger partial charge in [-0.1, -0.05) is 30.3 Å². The van der Waals surface area contributed by atoms with Gasteiger partial charge in [0.1, 0.15) is 9.88 Å². The molecule has 1 aromatic heterocycles. The molecule has 1 saturated heterocycles. The van der Waals surface area contributed by atoms with E-state index in [1.165, 1.54) is 11.3 Å². The maximum atomic E-state index is 12.4. The SMILES string of the molecule is NC(=O)[C@@H]1CCN(C(=O)c2cnc(-c3ccccc3)s2)C1. The van der Waals surface area contributed by atoms with Crippen molar-refractivity contribution in [2.45, 2.75) is 6.42 Å². The zero-order valence-electron chi connectivity index (χ0n) is 11.4. The van der Waals surface area contributed by atoms with Gasteiger partial charge >= 0.3 is 0 Å². The first kappa shape index (κ1) is 13.8. The van der Waals surface area contributed by atoms with E-state index in [2.05, 4.69) is 4.98 Å². The number of nitrogens with two attached hydrogens (primary N) is 1. The van der Waals surface area contributed by atoms with Crippen LogP contribution in [0.2, 0.25) is 0 Å². The molecular weight excluding hydrogens is 286 g/mol. The van der Waals surface area contributed by atoms with Crippen LogP contribution in [0, 0.1) is 5.92 Å². The minimum Gasteiger partial charge on any atom is -0.369 e. The third-order valence-corrected chi connectivity index (χ3v) is 4.65. The smallest absolute Gasteiger partial charge is 0.265 e. The van der Waals surface area contributed by atoms with Crippen molar-refractivity contribution in [3.8, 4) is 10.6 Å². The van der Waals surface area contributed by atoms with E-state index in [9.17, 15) is 9.59 Å². The summed E-state index contributed by atoms with van der Waals surface area (Å²) in [6, 6.07) is 9.75. The third-order valence-electron chi connectivity index (χ3n) is 3.62. The van der Waals surface area contributed by atoms with Crippen LogP contribution in [-0.2, 0) is 4.79 Å². The molecule has 6 heteroatoms. The molecule has 21 heavy (non-hydrogen) atoms. The summed E-state index contributed by atoms with van der Waals surface area (Å²) in [5, 5.41) is 0.824. The molecule has 0 aliphatic carbocycles. The second-order valence-electron chi connectivity index (χ2n) is 5.03. The Morgan fingerprint density at radius 3 is 2.71 bits per heavy atom. The third kappa shape index (κ3) is 2.80. The fourth-order valence-electron chi connectivity index (χ4n) is 2.42. The number of thiazole rings is 1. The van der Waals surface area contributed by atoms with Crippen molar-refractivity contribution in [3.05, 3.63) is 41.4 Å². The van der Waals surface area contributed by atoms with E-state index >= 15 is 0 Å². The normalized spacial score (nSPS) is 17.9. The van der Waals surface area contributed by atoms with Gasteiger partial charge in [-0.05, 0) is 6.42 Å². The van der Waals surface area contributed by atoms with Crippen LogP contribution < -0.4 is 5.73 Å². The van der Waals surface area contributed by atoms with Gasteiger partial charge in [0, 0.05) is 18.7 Å². The van der Waals surface area contributed by atoms with Crippen LogP contribution in [-0.4, -0.2) is 34.8 Å². The monoisotopic (exact) mass is 301 g/mol. The van der Waals surface area contributed by atoms with Crippen molar-refractivity contribution in [1.82, 2.24) is 9.88 Å². The number of aromatic nitrogens is 1. The maximum absolute atomic E-state index is 12.4. The number of hydrogen-bond acceptors (Lipinski definition) is 4. The first-order valence-corrected chi connectivity index (χ1v) is 7.56. The lowest BCUT2D eigenvalue weighted by molar-refractivity contribution is -0.121. The van der Waals surface area contributed by atoms with Crippen LogP contribution in [0.3, 0.4) is 0 Å². The predicted octanol–water partition coefficient (Wildman–Crippen LogP) is 1.76. The molecule has 3 rings (SSSR count). The Hall–Kier alpha value is -2.21. The Labute approximate surface area is 126 Å². The zero-order chi connectivity index (χ0) is 14.8. The molecule has 1 aliphatic rings. The topological polar surface area (TPSA) is 76.3 Å². The summed E-state index contributed by atoms with van der Waals surface area (Å²) < 4.78 is 0. The van der Waals surface area contributed by atoms with Gasteiger partial charge in [-0.2, -0.15) is 0 Å². The molecule has 0 radical (unpaired) electrons. The molecule has 0 bridgehead atoms. The van der Waals surface area contributed by atoms with Crippen LogP contribution in [0.15, 0.2) is 36.5 Å². The molecule has 1 atom stereocenters. The number of rotatable bonds is 3. The van der Waals surface area contributed by atoms with Gasteiger partial charge in [-0.25, -0.2) is 4.98 Å². The van der Waals surface area contributed by atoms with Gasteiger partial charge in [-0.15, -0.1) is 11.3 Å². The molecule has 0 spiro atoms. The van der Waals surface area contributed by atoms with Gasteiger partial charge in [0.25, 0.3) is 5.91 Å². The molecule has 0 unspecified atom stereocenters. The Morgan fingerprint density at radius 1 is 1.29 bits per heavy atom. The molecule has 108 valence electrons. The average Bonchev–Trinajstić information content (AvgIpc) is 3.17. The minimum absolute atomic E-state index is 0.0709. The second-order valence-corrected chi connectivity index (χ2v) is 6.07. The minimum atomic E-state index is -0.334. The Balaban J connectivity index is 1.75. The van der Waals surface area contributed by atoms with Crippen molar-refractivity contribution in [3.63, 3.8) is 0 Å². The van der Waals surface area contributed by atoms with Crippen molar-refractivity contribution < 1.29 is 9.59 Å². The molecule has 1 fully saturated rings. The van der Waals surface area contributed by atoms with E-state index in [1.807, 2.05) is 30.3 Å². The molecule has 0 saturated carbocycles. The van der Waals surface area contributed by atoms with Crippen LogP contribution in [0.4, 0.5) is 0 Å². The standard InChI is InChI=1S/C15H15N3O2S/c16-13(19)11-6-7-18(9-11)15(20)12-8-17-14(21-12)10-4-2-1-3-5-10/h1-5,8,11H,6-7,9H2,(H2,16,19)/t11-/m1/s1. The van der Waals surface area contributed by atoms with Gasteiger partial charge in [0.15, 0.2) is 0 Å². The predicted molar refractivity (Wildman–Crippen MR) is 80.8 cm³/mol. The highest BCUT2D eigenvalue weighted by molar-refractivity contribution is 7.16. The summed E-state index contributed by atoms with van der Waals surface area (Å²) in [5.74, 6) is -0.631. The van der Waals surface area contributed by atoms with Crippen molar-refractivity contribution in [2.24, 2.45) is 11.7 Å². The van der Waals surface area contributed by atoms with E-state index in [0.29, 0.717) is 24.4 Å². The number of nitrogens with zero attached hydrogens (tertiary/aromatic N) is 2. The number of amides is 2. The van der Waals surface area contributed by atoms with Crippen molar-refractivity contribution >= 4 is 23.2 Å². The van der Waals surface area contributed by atoms with E-state index in [4.69, 9.17) is 5.73 Å². The molecular formula is C15H15N3O2S. The summed E-state index contributed by atoms with van der Waals surface area (Å²) in [6.45, 7) is 0.984. The molecule has 2 N–H and O–H groups in total.